The molecule has 4 heteroatoms. The van der Waals surface area contributed by atoms with E-state index in [0.29, 0.717) is 10.5 Å². The lowest BCUT2D eigenvalue weighted by molar-refractivity contribution is 1.21. The molecule has 0 atom stereocenters. The van der Waals surface area contributed by atoms with E-state index in [0.717, 1.165) is 27.5 Å². The predicted molar refractivity (Wildman–Crippen MR) is 82.8 cm³/mol. The zero-order chi connectivity index (χ0) is 13.9. The van der Waals surface area contributed by atoms with Gasteiger partial charge in [0.05, 0.1) is 16.6 Å². The van der Waals surface area contributed by atoms with Gasteiger partial charge in [0.15, 0.2) is 0 Å². The van der Waals surface area contributed by atoms with Crippen LogP contribution in [0.25, 0.3) is 27.5 Å². The summed E-state index contributed by atoms with van der Waals surface area (Å²) in [4.78, 5) is 15.3. The highest BCUT2D eigenvalue weighted by Gasteiger charge is 2.14. The number of benzene rings is 2. The molecule has 4 aromatic rings. The van der Waals surface area contributed by atoms with Crippen LogP contribution in [0.2, 0.25) is 5.02 Å². The van der Waals surface area contributed by atoms with Crippen LogP contribution < -0.4 is 5.56 Å². The molecule has 3 nitrogen and oxygen atoms in total. The molecule has 0 radical (unpaired) electrons. The van der Waals surface area contributed by atoms with Crippen molar-refractivity contribution in [2.24, 2.45) is 0 Å². The van der Waals surface area contributed by atoms with E-state index >= 15 is 0 Å². The SMILES string of the molecule is Cc1c2cc(Cl)ccc2n2c1c(=O)[nH]c1ccccc12. The molecule has 20 heavy (non-hydrogen) atoms. The second-order valence-corrected chi connectivity index (χ2v) is 5.38. The Labute approximate surface area is 119 Å². The van der Waals surface area contributed by atoms with Crippen molar-refractivity contribution in [1.82, 2.24) is 9.38 Å². The molecule has 1 N–H and O–H groups in total. The Morgan fingerprint density at radius 3 is 2.75 bits per heavy atom. The van der Waals surface area contributed by atoms with Crippen LogP contribution in [0.4, 0.5) is 0 Å². The van der Waals surface area contributed by atoms with Gasteiger partial charge < -0.3 is 9.38 Å². The highest BCUT2D eigenvalue weighted by molar-refractivity contribution is 6.31. The standard InChI is InChI=1S/C16H11ClN2O/c1-9-11-8-10(17)6-7-13(11)19-14-5-3-2-4-12(14)18-16(20)15(9)19/h2-8H,1H3,(H,18,20). The van der Waals surface area contributed by atoms with Gasteiger partial charge in [-0.05, 0) is 42.8 Å². The molecule has 0 aliphatic heterocycles. The largest absolute Gasteiger partial charge is 0.319 e. The van der Waals surface area contributed by atoms with Gasteiger partial charge in [-0.25, -0.2) is 0 Å². The number of aromatic nitrogens is 2. The van der Waals surface area contributed by atoms with Gasteiger partial charge in [-0.3, -0.25) is 4.79 Å². The lowest BCUT2D eigenvalue weighted by atomic mass is 10.2. The van der Waals surface area contributed by atoms with Crippen LogP contribution in [-0.4, -0.2) is 9.38 Å². The van der Waals surface area contributed by atoms with Crippen LogP contribution in [0.3, 0.4) is 0 Å². The molecule has 2 aromatic heterocycles. The molecule has 0 spiro atoms. The molecule has 0 bridgehead atoms. The highest BCUT2D eigenvalue weighted by Crippen LogP contribution is 2.29. The van der Waals surface area contributed by atoms with E-state index in [9.17, 15) is 4.79 Å². The van der Waals surface area contributed by atoms with Gasteiger partial charge in [-0.2, -0.15) is 0 Å². The van der Waals surface area contributed by atoms with E-state index in [-0.39, 0.29) is 5.56 Å². The first-order valence-electron chi connectivity index (χ1n) is 6.38. The van der Waals surface area contributed by atoms with Crippen LogP contribution in [0.15, 0.2) is 47.3 Å². The molecule has 0 saturated heterocycles. The van der Waals surface area contributed by atoms with Gasteiger partial charge in [0.25, 0.3) is 5.56 Å². The minimum Gasteiger partial charge on any atom is -0.319 e. The third kappa shape index (κ3) is 1.38. The molecule has 0 unspecified atom stereocenters. The number of H-pyrrole nitrogens is 1. The third-order valence-corrected chi connectivity index (χ3v) is 4.03. The number of aryl methyl sites for hydroxylation is 1. The van der Waals surface area contributed by atoms with Crippen LogP contribution in [0.1, 0.15) is 5.56 Å². The number of rotatable bonds is 0. The average molecular weight is 283 g/mol. The highest BCUT2D eigenvalue weighted by atomic mass is 35.5. The zero-order valence-corrected chi connectivity index (χ0v) is 11.5. The summed E-state index contributed by atoms with van der Waals surface area (Å²) in [6.07, 6.45) is 0. The van der Waals surface area contributed by atoms with Crippen molar-refractivity contribution in [2.75, 3.05) is 0 Å². The molecule has 2 aromatic carbocycles. The summed E-state index contributed by atoms with van der Waals surface area (Å²) in [5.41, 5.74) is 4.38. The van der Waals surface area contributed by atoms with Gasteiger partial charge in [-0.15, -0.1) is 0 Å². The molecule has 4 rings (SSSR count). The molecule has 0 fully saturated rings. The molecule has 0 saturated carbocycles. The number of fused-ring (bicyclic) bond motifs is 5. The van der Waals surface area contributed by atoms with Gasteiger partial charge in [-0.1, -0.05) is 23.7 Å². The maximum absolute atomic E-state index is 12.4. The molecule has 0 aliphatic rings. The van der Waals surface area contributed by atoms with E-state index < -0.39 is 0 Å². The zero-order valence-electron chi connectivity index (χ0n) is 10.8. The van der Waals surface area contributed by atoms with E-state index in [1.807, 2.05) is 53.8 Å². The Hall–Kier alpha value is -2.26. The van der Waals surface area contributed by atoms with Crippen molar-refractivity contribution in [3.8, 4) is 0 Å². The first kappa shape index (κ1) is 11.6. The number of hydrogen-bond donors (Lipinski definition) is 1. The fourth-order valence-corrected chi connectivity index (χ4v) is 3.07. The second kappa shape index (κ2) is 3.87. The smallest absolute Gasteiger partial charge is 0.273 e. The summed E-state index contributed by atoms with van der Waals surface area (Å²) in [6, 6.07) is 13.5. The second-order valence-electron chi connectivity index (χ2n) is 4.94. The van der Waals surface area contributed by atoms with E-state index in [1.54, 1.807) is 0 Å². The van der Waals surface area contributed by atoms with E-state index in [1.165, 1.54) is 0 Å². The summed E-state index contributed by atoms with van der Waals surface area (Å²) in [5, 5.41) is 1.69. The van der Waals surface area contributed by atoms with Crippen LogP contribution in [0, 0.1) is 6.92 Å². The molecule has 0 amide bonds. The summed E-state index contributed by atoms with van der Waals surface area (Å²) >= 11 is 6.08. The molecular weight excluding hydrogens is 272 g/mol. The van der Waals surface area contributed by atoms with Crippen molar-refractivity contribution in [1.29, 1.82) is 0 Å². The maximum Gasteiger partial charge on any atom is 0.273 e. The Balaban J connectivity index is 2.44. The normalized spacial score (nSPS) is 11.7. The predicted octanol–water partition coefficient (Wildman–Crippen LogP) is 3.90. The summed E-state index contributed by atoms with van der Waals surface area (Å²) < 4.78 is 2.01. The Morgan fingerprint density at radius 1 is 1.10 bits per heavy atom. The van der Waals surface area contributed by atoms with Gasteiger partial charge in [0, 0.05) is 10.4 Å². The summed E-state index contributed by atoms with van der Waals surface area (Å²) in [6.45, 7) is 1.96. The van der Waals surface area contributed by atoms with Gasteiger partial charge in [0.1, 0.15) is 5.52 Å². The van der Waals surface area contributed by atoms with Crippen LogP contribution in [0.5, 0.6) is 0 Å². The first-order chi connectivity index (χ1) is 9.66. The monoisotopic (exact) mass is 282 g/mol. The first-order valence-corrected chi connectivity index (χ1v) is 6.76. The van der Waals surface area contributed by atoms with Crippen molar-refractivity contribution in [3.05, 3.63) is 63.4 Å². The maximum atomic E-state index is 12.4. The van der Waals surface area contributed by atoms with Crippen molar-refractivity contribution >= 4 is 39.1 Å². The third-order valence-electron chi connectivity index (χ3n) is 3.79. The quantitative estimate of drug-likeness (QED) is 0.522. The lowest BCUT2D eigenvalue weighted by Gasteiger charge is -2.03. The number of nitrogens with zero attached hydrogens (tertiary/aromatic N) is 1. The Morgan fingerprint density at radius 2 is 1.90 bits per heavy atom. The van der Waals surface area contributed by atoms with Crippen molar-refractivity contribution in [2.45, 2.75) is 6.92 Å². The number of para-hydroxylation sites is 2. The number of halogens is 1. The van der Waals surface area contributed by atoms with E-state index in [4.69, 9.17) is 11.6 Å². The topological polar surface area (TPSA) is 37.3 Å². The average Bonchev–Trinajstić information content (AvgIpc) is 2.73. The Kier molecular flexibility index (Phi) is 2.24. The summed E-state index contributed by atoms with van der Waals surface area (Å²) in [7, 11) is 0. The lowest BCUT2D eigenvalue weighted by Crippen LogP contribution is -2.10. The number of hydrogen-bond acceptors (Lipinski definition) is 1. The van der Waals surface area contributed by atoms with Gasteiger partial charge in [0.2, 0.25) is 0 Å². The fourth-order valence-electron chi connectivity index (χ4n) is 2.90. The number of aromatic amines is 1. The summed E-state index contributed by atoms with van der Waals surface area (Å²) in [5.74, 6) is 0. The molecule has 2 heterocycles. The molecular formula is C16H11ClN2O. The molecule has 98 valence electrons. The van der Waals surface area contributed by atoms with Gasteiger partial charge >= 0.3 is 0 Å². The van der Waals surface area contributed by atoms with Crippen molar-refractivity contribution in [3.63, 3.8) is 0 Å². The van der Waals surface area contributed by atoms with E-state index in [2.05, 4.69) is 4.98 Å². The number of nitrogens with one attached hydrogen (secondary N) is 1. The Bertz CT molecular complexity index is 1040. The molecule has 0 aliphatic carbocycles. The minimum absolute atomic E-state index is 0.0754. The van der Waals surface area contributed by atoms with Crippen molar-refractivity contribution < 1.29 is 0 Å². The fraction of sp³-hybridized carbons (Fsp3) is 0.0625. The minimum atomic E-state index is -0.0754. The van der Waals surface area contributed by atoms with Crippen LogP contribution >= 0.6 is 11.6 Å². The van der Waals surface area contributed by atoms with Crippen LogP contribution in [-0.2, 0) is 0 Å².